The van der Waals surface area contributed by atoms with Gasteiger partial charge in [-0.05, 0) is 0 Å². The minimum absolute atomic E-state index is 0.674. The molecule has 0 aromatic heterocycles. The molecule has 0 aliphatic carbocycles. The van der Waals surface area contributed by atoms with Gasteiger partial charge in [0.2, 0.25) is 0 Å². The van der Waals surface area contributed by atoms with Crippen molar-refractivity contribution in [3.63, 3.8) is 0 Å². The van der Waals surface area contributed by atoms with Gasteiger partial charge in [-0.15, -0.1) is 0 Å². The average Bonchev–Trinajstić information content (AvgIpc) is 1.81. The molecule has 0 radical (unpaired) electrons. The van der Waals surface area contributed by atoms with E-state index in [0.29, 0.717) is 0 Å². The number of halogens is 2. The second-order valence-electron chi connectivity index (χ2n) is 0.588. The molecule has 0 heterocycles. The van der Waals surface area contributed by atoms with E-state index in [1.807, 2.05) is 0 Å². The maximum atomic E-state index is 4.58. The fourth-order valence-electron chi connectivity index (χ4n) is 0.0822. The van der Waals surface area contributed by atoms with Crippen LogP contribution in [0.25, 0.3) is 0 Å². The quantitative estimate of drug-likeness (QED) is 0.313. The number of hydrogen-bond donors (Lipinski definition) is 2. The molecule has 8 heavy (non-hydrogen) atoms. The zero-order valence-corrected chi connectivity index (χ0v) is 8.30. The molecule has 0 unspecified atom stereocenters. The number of hydrogen-bond acceptors (Lipinski definition) is 5. The minimum atomic E-state index is -0.674. The van der Waals surface area contributed by atoms with Crippen LogP contribution in [0, 0.1) is 0 Å². The van der Waals surface area contributed by atoms with Crippen LogP contribution < -0.4 is 33.2 Å². The van der Waals surface area contributed by atoms with E-state index in [-0.39, 0.29) is 0 Å². The molecule has 7 heteroatoms. The molecule has 0 rings (SSSR count). The molecule has 0 saturated carbocycles. The van der Waals surface area contributed by atoms with E-state index in [1.165, 1.54) is 0 Å². The summed E-state index contributed by atoms with van der Waals surface area (Å²) >= 11 is 1.07. The van der Waals surface area contributed by atoms with E-state index in [9.17, 15) is 0 Å². The van der Waals surface area contributed by atoms with Crippen LogP contribution >= 0.6 is 23.0 Å². The van der Waals surface area contributed by atoms with Crippen LogP contribution in [-0.4, -0.2) is 7.05 Å². The van der Waals surface area contributed by atoms with Gasteiger partial charge in [-0.2, -0.15) is 0 Å². The van der Waals surface area contributed by atoms with Gasteiger partial charge in [0.05, 0.1) is 0 Å². The zero-order valence-electron chi connectivity index (χ0n) is 3.98. The molecule has 0 spiro atoms. The van der Waals surface area contributed by atoms with Crippen molar-refractivity contribution in [1.82, 2.24) is 11.1 Å². The van der Waals surface area contributed by atoms with Crippen molar-refractivity contribution in [2.45, 2.75) is 0 Å². The molecule has 5 nitrogen and oxygen atoms in total. The Hall–Kier alpha value is 1.26. The number of rotatable bonds is 5. The van der Waals surface area contributed by atoms with E-state index < -0.39 is 22.0 Å². The molecule has 0 aliphatic heterocycles. The Labute approximate surface area is 72.3 Å². The van der Waals surface area contributed by atoms with Gasteiger partial charge >= 0.3 is 72.7 Å². The predicted molar refractivity (Wildman–Crippen MR) is 29.5 cm³/mol. The summed E-state index contributed by atoms with van der Waals surface area (Å²) in [4.78, 5) is 4.36. The summed E-state index contributed by atoms with van der Waals surface area (Å²) in [7, 11) is 1.61. The number of hydroxylamine groups is 1. The van der Waals surface area contributed by atoms with Crippen molar-refractivity contribution < 1.29 is 31.5 Å². The first-order valence-electron chi connectivity index (χ1n) is 1.58. The third-order valence-corrected chi connectivity index (χ3v) is 1.64. The standard InChI is InChI=1S/CH5I2N2O3/c1-4-8-5-7-3-6-2/h4-5H,1H3/q-1. The zero-order chi connectivity index (χ0) is 6.24. The van der Waals surface area contributed by atoms with E-state index in [2.05, 4.69) is 20.6 Å². The molecular weight excluding hydrogens is 342 g/mol. The Morgan fingerprint density at radius 3 is 2.88 bits per heavy atom. The van der Waals surface area contributed by atoms with E-state index >= 15 is 0 Å². The van der Waals surface area contributed by atoms with Gasteiger partial charge in [0, 0.05) is 0 Å². The first kappa shape index (κ1) is 9.26. The second-order valence-corrected chi connectivity index (χ2v) is 3.95. The molecule has 0 amide bonds. The van der Waals surface area contributed by atoms with Crippen LogP contribution in [0.2, 0.25) is 0 Å². The Morgan fingerprint density at radius 1 is 1.62 bits per heavy atom. The Morgan fingerprint density at radius 2 is 2.38 bits per heavy atom. The van der Waals surface area contributed by atoms with Gasteiger partial charge in [-0.25, -0.2) is 0 Å². The first-order chi connectivity index (χ1) is 3.91. The van der Waals surface area contributed by atoms with E-state index in [0.717, 1.165) is 0 Å². The Balaban J connectivity index is 2.53. The molecule has 0 saturated heterocycles. The molecular formula is CH5I2N2O3-. The van der Waals surface area contributed by atoms with Crippen molar-refractivity contribution in [1.29, 1.82) is 0 Å². The van der Waals surface area contributed by atoms with Gasteiger partial charge in [0.15, 0.2) is 0 Å². The third-order valence-electron chi connectivity index (χ3n) is 0.231. The van der Waals surface area contributed by atoms with E-state index in [1.54, 1.807) is 30.1 Å². The van der Waals surface area contributed by atoms with Crippen LogP contribution in [0.1, 0.15) is 0 Å². The maximum absolute atomic E-state index is 4.58. The third kappa shape index (κ3) is 7.26. The van der Waals surface area contributed by atoms with Gasteiger partial charge in [0.1, 0.15) is 0 Å². The molecule has 0 fully saturated rings. The fourth-order valence-corrected chi connectivity index (χ4v) is 0.769. The SMILES string of the molecule is CNONO[I-]OI. The normalized spacial score (nSPS) is 10.2. The monoisotopic (exact) mass is 347 g/mol. The topological polar surface area (TPSA) is 51.8 Å². The molecule has 0 bridgehead atoms. The molecule has 0 aromatic rings. The second kappa shape index (κ2) is 8.26. The Kier molecular flexibility index (Phi) is 9.56. The van der Waals surface area contributed by atoms with Gasteiger partial charge in [0.25, 0.3) is 0 Å². The summed E-state index contributed by atoms with van der Waals surface area (Å²) in [6.45, 7) is 0. The fraction of sp³-hybridized carbons (Fsp3) is 1.00. The summed E-state index contributed by atoms with van der Waals surface area (Å²) in [6, 6.07) is 0. The molecule has 0 atom stereocenters. The van der Waals surface area contributed by atoms with Gasteiger partial charge in [-0.1, -0.05) is 0 Å². The van der Waals surface area contributed by atoms with Crippen LogP contribution in [0.3, 0.4) is 0 Å². The van der Waals surface area contributed by atoms with Gasteiger partial charge in [-0.3, -0.25) is 0 Å². The van der Waals surface area contributed by atoms with Crippen molar-refractivity contribution in [2.75, 3.05) is 7.05 Å². The van der Waals surface area contributed by atoms with Gasteiger partial charge < -0.3 is 0 Å². The Bertz CT molecular complexity index is 40.3. The molecule has 2 N–H and O–H groups in total. The molecule has 0 aliphatic rings. The average molecular weight is 347 g/mol. The van der Waals surface area contributed by atoms with Crippen LogP contribution in [0.4, 0.5) is 0 Å². The summed E-state index contributed by atoms with van der Waals surface area (Å²) in [5.74, 6) is 0. The summed E-state index contributed by atoms with van der Waals surface area (Å²) in [5, 5.41) is 0. The van der Waals surface area contributed by atoms with Crippen LogP contribution in [0.15, 0.2) is 0 Å². The van der Waals surface area contributed by atoms with Crippen molar-refractivity contribution in [3.8, 4) is 0 Å². The van der Waals surface area contributed by atoms with Crippen LogP contribution in [-0.2, 0) is 9.50 Å². The van der Waals surface area contributed by atoms with Crippen molar-refractivity contribution in [2.24, 2.45) is 0 Å². The van der Waals surface area contributed by atoms with Crippen molar-refractivity contribution >= 4 is 23.0 Å². The summed E-state index contributed by atoms with van der Waals surface area (Å²) in [6.07, 6.45) is 0. The van der Waals surface area contributed by atoms with E-state index in [4.69, 9.17) is 0 Å². The first-order valence-corrected chi connectivity index (χ1v) is 4.22. The predicted octanol–water partition coefficient (Wildman–Crippen LogP) is -3.14. The van der Waals surface area contributed by atoms with Crippen LogP contribution in [0.5, 0.6) is 0 Å². The summed E-state index contributed by atoms with van der Waals surface area (Å²) in [5.41, 5.74) is 4.49. The van der Waals surface area contributed by atoms with Crippen molar-refractivity contribution in [3.05, 3.63) is 0 Å². The summed E-state index contributed by atoms with van der Waals surface area (Å²) < 4.78 is 9.14. The number of nitrogens with one attached hydrogen (secondary N) is 2. The molecule has 52 valence electrons. The molecule has 0 aromatic carbocycles.